The molecule has 3 aromatic heterocycles. The van der Waals surface area contributed by atoms with Gasteiger partial charge in [-0.05, 0) is 46.5 Å². The first kappa shape index (κ1) is 20.2. The number of rotatable bonds is 4. The number of pyridine rings is 1. The van der Waals surface area contributed by atoms with Crippen LogP contribution >= 0.6 is 11.9 Å². The number of nitrogens with one attached hydrogen (secondary N) is 1. The Hall–Kier alpha value is -3.46. The van der Waals surface area contributed by atoms with Crippen molar-refractivity contribution in [3.63, 3.8) is 0 Å². The summed E-state index contributed by atoms with van der Waals surface area (Å²) < 4.78 is 1.84. The standard InChI is InChI=1S/C25H23N7S/c26-33-23-7-6-20(19-3-1-2-4-21(19)23)22-15-30-32-16-18(14-29-25(22)32)17-5-8-24(28-13-17)31-11-9-27-10-12-31/h1-8,13-16,27H,9-12,26H2. The highest BCUT2D eigenvalue weighted by atomic mass is 32.2. The van der Waals surface area contributed by atoms with Gasteiger partial charge < -0.3 is 10.2 Å². The number of benzene rings is 2. The van der Waals surface area contributed by atoms with Gasteiger partial charge in [0.25, 0.3) is 0 Å². The first-order chi connectivity index (χ1) is 16.3. The maximum Gasteiger partial charge on any atom is 0.162 e. The van der Waals surface area contributed by atoms with Gasteiger partial charge in [-0.1, -0.05) is 30.3 Å². The Balaban J connectivity index is 1.36. The minimum Gasteiger partial charge on any atom is -0.354 e. The Labute approximate surface area is 195 Å². The van der Waals surface area contributed by atoms with E-state index in [1.54, 1.807) is 0 Å². The third-order valence-corrected chi connectivity index (χ3v) is 6.79. The van der Waals surface area contributed by atoms with Gasteiger partial charge in [-0.25, -0.2) is 14.5 Å². The molecule has 33 heavy (non-hydrogen) atoms. The molecule has 5 aromatic rings. The number of hydrogen-bond donors (Lipinski definition) is 2. The summed E-state index contributed by atoms with van der Waals surface area (Å²) in [5.41, 5.74) is 4.92. The van der Waals surface area contributed by atoms with Gasteiger partial charge in [0.05, 0.1) is 6.20 Å². The van der Waals surface area contributed by atoms with Crippen LogP contribution in [0.15, 0.2) is 78.2 Å². The van der Waals surface area contributed by atoms with Gasteiger partial charge in [0.15, 0.2) is 5.65 Å². The van der Waals surface area contributed by atoms with Crippen molar-refractivity contribution < 1.29 is 0 Å². The summed E-state index contributed by atoms with van der Waals surface area (Å²) in [6.07, 6.45) is 7.71. The van der Waals surface area contributed by atoms with Crippen molar-refractivity contribution in [1.82, 2.24) is 24.9 Å². The summed E-state index contributed by atoms with van der Waals surface area (Å²) in [5, 5.41) is 16.1. The van der Waals surface area contributed by atoms with Gasteiger partial charge in [-0.3, -0.25) is 5.14 Å². The highest BCUT2D eigenvalue weighted by Gasteiger charge is 2.15. The van der Waals surface area contributed by atoms with E-state index >= 15 is 0 Å². The molecular weight excluding hydrogens is 430 g/mol. The van der Waals surface area contributed by atoms with E-state index in [1.807, 2.05) is 41.4 Å². The van der Waals surface area contributed by atoms with E-state index in [0.29, 0.717) is 0 Å². The molecule has 4 heterocycles. The van der Waals surface area contributed by atoms with Gasteiger partial charge in [-0.2, -0.15) is 5.10 Å². The molecule has 0 saturated carbocycles. The van der Waals surface area contributed by atoms with Crippen LogP contribution in [0.1, 0.15) is 0 Å². The lowest BCUT2D eigenvalue weighted by atomic mass is 10.00. The summed E-state index contributed by atoms with van der Waals surface area (Å²) in [5.74, 6) is 1.02. The lowest BCUT2D eigenvalue weighted by Gasteiger charge is -2.28. The average molecular weight is 454 g/mol. The number of aromatic nitrogens is 4. The predicted octanol–water partition coefficient (Wildman–Crippen LogP) is 3.99. The summed E-state index contributed by atoms with van der Waals surface area (Å²) in [6.45, 7) is 3.95. The number of nitrogens with two attached hydrogens (primary N) is 1. The topological polar surface area (TPSA) is 84.4 Å². The summed E-state index contributed by atoms with van der Waals surface area (Å²) in [6, 6.07) is 16.7. The first-order valence-electron chi connectivity index (χ1n) is 11.0. The van der Waals surface area contributed by atoms with Crippen LogP contribution in [-0.2, 0) is 0 Å². The fourth-order valence-electron chi connectivity index (χ4n) is 4.46. The van der Waals surface area contributed by atoms with Crippen LogP contribution in [0.4, 0.5) is 5.82 Å². The van der Waals surface area contributed by atoms with Crippen LogP contribution in [0.5, 0.6) is 0 Å². The van der Waals surface area contributed by atoms with Gasteiger partial charge in [0.1, 0.15) is 5.82 Å². The Morgan fingerprint density at radius 2 is 1.64 bits per heavy atom. The van der Waals surface area contributed by atoms with E-state index in [2.05, 4.69) is 51.7 Å². The van der Waals surface area contributed by atoms with E-state index in [1.165, 1.54) is 11.9 Å². The number of fused-ring (bicyclic) bond motifs is 2. The zero-order valence-corrected chi connectivity index (χ0v) is 18.8. The number of hydrogen-bond acceptors (Lipinski definition) is 7. The van der Waals surface area contributed by atoms with Crippen molar-refractivity contribution in [3.05, 3.63) is 73.3 Å². The minimum atomic E-state index is 0.822. The Kier molecular flexibility index (Phi) is 5.18. The van der Waals surface area contributed by atoms with Gasteiger partial charge in [-0.15, -0.1) is 0 Å². The largest absolute Gasteiger partial charge is 0.354 e. The second-order valence-corrected chi connectivity index (χ2v) is 8.76. The molecule has 0 unspecified atom stereocenters. The van der Waals surface area contributed by atoms with Gasteiger partial charge >= 0.3 is 0 Å². The highest BCUT2D eigenvalue weighted by molar-refractivity contribution is 7.97. The Bertz CT molecular complexity index is 1440. The van der Waals surface area contributed by atoms with Crippen molar-refractivity contribution >= 4 is 34.2 Å². The SMILES string of the molecule is NSc1ccc(-c2cnn3cc(-c4ccc(N5CCNCC5)nc4)cnc23)c2ccccc12. The van der Waals surface area contributed by atoms with Crippen molar-refractivity contribution in [2.75, 3.05) is 31.1 Å². The number of anilines is 1. The Morgan fingerprint density at radius 3 is 2.42 bits per heavy atom. The van der Waals surface area contributed by atoms with E-state index in [-0.39, 0.29) is 0 Å². The molecule has 0 atom stereocenters. The van der Waals surface area contributed by atoms with E-state index in [9.17, 15) is 0 Å². The summed E-state index contributed by atoms with van der Waals surface area (Å²) in [4.78, 5) is 12.8. The predicted molar refractivity (Wildman–Crippen MR) is 134 cm³/mol. The average Bonchev–Trinajstić information content (AvgIpc) is 3.32. The second-order valence-electron chi connectivity index (χ2n) is 8.09. The molecule has 164 valence electrons. The van der Waals surface area contributed by atoms with Crippen LogP contribution < -0.4 is 15.4 Å². The molecule has 1 saturated heterocycles. The lowest BCUT2D eigenvalue weighted by Crippen LogP contribution is -2.43. The molecule has 2 aromatic carbocycles. The Morgan fingerprint density at radius 1 is 0.818 bits per heavy atom. The summed E-state index contributed by atoms with van der Waals surface area (Å²) >= 11 is 1.27. The third kappa shape index (κ3) is 3.62. The van der Waals surface area contributed by atoms with E-state index in [0.717, 1.165) is 75.6 Å². The maximum absolute atomic E-state index is 5.88. The molecule has 3 N–H and O–H groups in total. The second kappa shape index (κ2) is 8.47. The fourth-order valence-corrected chi connectivity index (χ4v) is 4.91. The van der Waals surface area contributed by atoms with Gasteiger partial charge in [0, 0.05) is 66.4 Å². The fraction of sp³-hybridized carbons (Fsp3) is 0.160. The molecule has 1 fully saturated rings. The van der Waals surface area contributed by atoms with Crippen molar-refractivity contribution in [1.29, 1.82) is 0 Å². The molecule has 1 aliphatic heterocycles. The maximum atomic E-state index is 5.88. The lowest BCUT2D eigenvalue weighted by molar-refractivity contribution is 0.585. The zero-order chi connectivity index (χ0) is 22.2. The third-order valence-electron chi connectivity index (χ3n) is 6.18. The molecule has 0 spiro atoms. The molecule has 6 rings (SSSR count). The molecule has 0 bridgehead atoms. The normalized spacial score (nSPS) is 14.3. The molecule has 7 nitrogen and oxygen atoms in total. The quantitative estimate of drug-likeness (QED) is 0.398. The van der Waals surface area contributed by atoms with Crippen molar-refractivity contribution in [3.8, 4) is 22.3 Å². The van der Waals surface area contributed by atoms with Crippen LogP contribution in [-0.4, -0.2) is 45.8 Å². The van der Waals surface area contributed by atoms with Crippen LogP contribution in [0.3, 0.4) is 0 Å². The first-order valence-corrected chi connectivity index (χ1v) is 11.8. The minimum absolute atomic E-state index is 0.822. The zero-order valence-electron chi connectivity index (χ0n) is 18.0. The van der Waals surface area contributed by atoms with Crippen LogP contribution in [0, 0.1) is 0 Å². The van der Waals surface area contributed by atoms with Crippen molar-refractivity contribution in [2.45, 2.75) is 4.90 Å². The number of nitrogens with zero attached hydrogens (tertiary/aromatic N) is 5. The van der Waals surface area contributed by atoms with Crippen molar-refractivity contribution in [2.24, 2.45) is 5.14 Å². The van der Waals surface area contributed by atoms with E-state index in [4.69, 9.17) is 15.1 Å². The van der Waals surface area contributed by atoms with Crippen LogP contribution in [0.25, 0.3) is 38.7 Å². The summed E-state index contributed by atoms with van der Waals surface area (Å²) in [7, 11) is 0. The molecule has 0 aliphatic carbocycles. The molecule has 8 heteroatoms. The number of piperazine rings is 1. The highest BCUT2D eigenvalue weighted by Crippen LogP contribution is 2.35. The molecule has 0 amide bonds. The monoisotopic (exact) mass is 453 g/mol. The molecule has 1 aliphatic rings. The van der Waals surface area contributed by atoms with E-state index < -0.39 is 0 Å². The van der Waals surface area contributed by atoms with Crippen LogP contribution in [0.2, 0.25) is 0 Å². The molecule has 0 radical (unpaired) electrons. The smallest absolute Gasteiger partial charge is 0.162 e. The molecular formula is C25H23N7S. The van der Waals surface area contributed by atoms with Gasteiger partial charge in [0.2, 0.25) is 0 Å².